The fourth-order valence-electron chi connectivity index (χ4n) is 6.59. The Morgan fingerprint density at radius 2 is 1.27 bits per heavy atom. The van der Waals surface area contributed by atoms with Crippen molar-refractivity contribution in [2.75, 3.05) is 6.61 Å². The van der Waals surface area contributed by atoms with E-state index in [1.54, 1.807) is 36.5 Å². The smallest absolute Gasteiger partial charge is 0.407 e. The lowest BCUT2D eigenvalue weighted by Gasteiger charge is -2.26. The van der Waals surface area contributed by atoms with Gasteiger partial charge in [-0.3, -0.25) is 14.6 Å². The average molecular weight is 749 g/mol. The zero-order valence-corrected chi connectivity index (χ0v) is 32.4. The van der Waals surface area contributed by atoms with Crippen molar-refractivity contribution < 1.29 is 33.8 Å². The summed E-state index contributed by atoms with van der Waals surface area (Å²) in [6.45, 7) is 11.9. The second-order valence-electron chi connectivity index (χ2n) is 16.2. The minimum atomic E-state index is -1.20. The second-order valence-corrected chi connectivity index (χ2v) is 16.2. The van der Waals surface area contributed by atoms with Crippen LogP contribution in [0.25, 0.3) is 11.1 Å². The van der Waals surface area contributed by atoms with E-state index < -0.39 is 47.6 Å². The Morgan fingerprint density at radius 1 is 0.709 bits per heavy atom. The molecule has 0 fully saturated rings. The van der Waals surface area contributed by atoms with Gasteiger partial charge in [0.25, 0.3) is 0 Å². The number of pyridine rings is 1. The molecule has 0 saturated carbocycles. The highest BCUT2D eigenvalue weighted by Crippen LogP contribution is 2.44. The lowest BCUT2D eigenvalue weighted by Crippen LogP contribution is -2.57. The summed E-state index contributed by atoms with van der Waals surface area (Å²) in [6.07, 6.45) is 1.58. The van der Waals surface area contributed by atoms with E-state index in [1.165, 1.54) is 0 Å². The summed E-state index contributed by atoms with van der Waals surface area (Å²) in [6, 6.07) is 24.9. The fourth-order valence-corrected chi connectivity index (χ4v) is 6.59. The van der Waals surface area contributed by atoms with E-state index in [1.807, 2.05) is 102 Å². The summed E-state index contributed by atoms with van der Waals surface area (Å²) in [5.74, 6) is -2.04. The quantitative estimate of drug-likeness (QED) is 0.103. The molecule has 1 aliphatic rings. The third-order valence-corrected chi connectivity index (χ3v) is 9.31. The predicted octanol–water partition coefficient (Wildman–Crippen LogP) is 6.83. The highest BCUT2D eigenvalue weighted by Gasteiger charge is 2.33. The standard InChI is InChI=1S/C44H52N4O7/c1-43(2,3)23-22-36(41(51)52)46-40(50)38(26-29-13-11-12-24-45-29)47-39(49)37(25-28-18-20-30(21-19-28)55-44(4,5)6)48-42(53)54-27-35-33-16-9-7-14-31(33)32-15-8-10-17-34(32)35/h7-21,24,35-38H,22-23,25-27H2,1-6H3,(H,46,50)(H,47,49)(H,48,53)(H,51,52)/t36-,37-,38-/m0/s1. The molecular weight excluding hydrogens is 697 g/mol. The van der Waals surface area contributed by atoms with Gasteiger partial charge in [-0.25, -0.2) is 9.59 Å². The third kappa shape index (κ3) is 11.6. The average Bonchev–Trinajstić information content (AvgIpc) is 3.45. The van der Waals surface area contributed by atoms with Crippen molar-refractivity contribution in [1.29, 1.82) is 0 Å². The molecule has 3 amide bonds. The van der Waals surface area contributed by atoms with Crippen LogP contribution in [0.3, 0.4) is 0 Å². The first-order valence-corrected chi connectivity index (χ1v) is 18.7. The Labute approximate surface area is 323 Å². The van der Waals surface area contributed by atoms with Gasteiger partial charge in [0.15, 0.2) is 0 Å². The van der Waals surface area contributed by atoms with E-state index in [0.717, 1.165) is 27.8 Å². The van der Waals surface area contributed by atoms with Crippen LogP contribution in [-0.2, 0) is 32.0 Å². The number of amides is 3. The summed E-state index contributed by atoms with van der Waals surface area (Å²) >= 11 is 0. The van der Waals surface area contributed by atoms with Crippen molar-refractivity contribution >= 4 is 23.9 Å². The molecule has 1 aromatic heterocycles. The summed E-state index contributed by atoms with van der Waals surface area (Å²) in [4.78, 5) is 58.0. The number of hydrogen-bond acceptors (Lipinski definition) is 7. The topological polar surface area (TPSA) is 156 Å². The van der Waals surface area contributed by atoms with Crippen LogP contribution in [0.1, 0.15) is 82.7 Å². The fraction of sp³-hybridized carbons (Fsp3) is 0.386. The number of aromatic nitrogens is 1. The van der Waals surface area contributed by atoms with Gasteiger partial charge in [-0.2, -0.15) is 0 Å². The van der Waals surface area contributed by atoms with Gasteiger partial charge in [0.1, 0.15) is 36.1 Å². The van der Waals surface area contributed by atoms with Crippen molar-refractivity contribution in [1.82, 2.24) is 20.9 Å². The second kappa shape index (κ2) is 17.6. The maximum Gasteiger partial charge on any atom is 0.407 e. The molecule has 3 aromatic carbocycles. The Hall–Kier alpha value is -5.71. The minimum absolute atomic E-state index is 0.0134. The molecule has 0 aliphatic heterocycles. The van der Waals surface area contributed by atoms with E-state index in [9.17, 15) is 24.3 Å². The number of hydrogen-bond donors (Lipinski definition) is 4. The normalized spacial score (nSPS) is 14.1. The first-order valence-electron chi connectivity index (χ1n) is 18.7. The Kier molecular flexibility index (Phi) is 13.0. The van der Waals surface area contributed by atoms with Crippen LogP contribution in [0, 0.1) is 5.41 Å². The summed E-state index contributed by atoms with van der Waals surface area (Å²) in [7, 11) is 0. The van der Waals surface area contributed by atoms with Gasteiger partial charge in [-0.05, 0) is 91.1 Å². The highest BCUT2D eigenvalue weighted by molar-refractivity contribution is 5.93. The van der Waals surface area contributed by atoms with Crippen molar-refractivity contribution in [3.63, 3.8) is 0 Å². The molecule has 55 heavy (non-hydrogen) atoms. The predicted molar refractivity (Wildman–Crippen MR) is 211 cm³/mol. The summed E-state index contributed by atoms with van der Waals surface area (Å²) in [5, 5.41) is 18.1. The van der Waals surface area contributed by atoms with Crippen molar-refractivity contribution in [3.05, 3.63) is 120 Å². The number of aliphatic carboxylic acids is 1. The first kappa shape index (κ1) is 40.5. The molecule has 5 rings (SSSR count). The molecule has 1 heterocycles. The van der Waals surface area contributed by atoms with Gasteiger partial charge in [-0.1, -0.05) is 87.5 Å². The number of ether oxygens (including phenoxy) is 2. The van der Waals surface area contributed by atoms with E-state index in [2.05, 4.69) is 20.9 Å². The number of alkyl carbamates (subject to hydrolysis) is 1. The number of carbonyl (C=O) groups is 4. The molecule has 0 saturated heterocycles. The van der Waals surface area contributed by atoms with E-state index in [-0.39, 0.29) is 37.2 Å². The van der Waals surface area contributed by atoms with Gasteiger partial charge in [0.05, 0.1) is 0 Å². The molecule has 0 radical (unpaired) electrons. The molecule has 4 aromatic rings. The van der Waals surface area contributed by atoms with Gasteiger partial charge in [0.2, 0.25) is 11.8 Å². The number of carbonyl (C=O) groups excluding carboxylic acids is 3. The maximum atomic E-state index is 14.2. The van der Waals surface area contributed by atoms with E-state index in [4.69, 9.17) is 9.47 Å². The zero-order valence-electron chi connectivity index (χ0n) is 32.4. The van der Waals surface area contributed by atoms with Gasteiger partial charge < -0.3 is 30.5 Å². The number of carboxylic acids is 1. The minimum Gasteiger partial charge on any atom is -0.488 e. The Balaban J connectivity index is 1.36. The van der Waals surface area contributed by atoms with Gasteiger partial charge in [0, 0.05) is 30.7 Å². The van der Waals surface area contributed by atoms with Crippen molar-refractivity contribution in [2.45, 2.75) is 96.9 Å². The first-order chi connectivity index (χ1) is 26.1. The van der Waals surface area contributed by atoms with Crippen LogP contribution < -0.4 is 20.7 Å². The third-order valence-electron chi connectivity index (χ3n) is 9.31. The lowest BCUT2D eigenvalue weighted by molar-refractivity contribution is -0.142. The van der Waals surface area contributed by atoms with Crippen LogP contribution >= 0.6 is 0 Å². The SMILES string of the molecule is CC(C)(C)CC[C@H](NC(=O)[C@H](Cc1ccccn1)NC(=O)[C@H](Cc1ccc(OC(C)(C)C)cc1)NC(=O)OCC1c2ccccc2-c2ccccc21)C(=O)O. The van der Waals surface area contributed by atoms with Crippen molar-refractivity contribution in [2.24, 2.45) is 5.41 Å². The number of fused-ring (bicyclic) bond motifs is 3. The molecule has 290 valence electrons. The molecule has 1 aliphatic carbocycles. The van der Waals surface area contributed by atoms with Crippen LogP contribution in [0.4, 0.5) is 4.79 Å². The molecule has 4 N–H and O–H groups in total. The maximum absolute atomic E-state index is 14.2. The number of carboxylic acid groups (broad SMARTS) is 1. The number of rotatable bonds is 15. The highest BCUT2D eigenvalue weighted by atomic mass is 16.5. The summed E-state index contributed by atoms with van der Waals surface area (Å²) < 4.78 is 11.8. The van der Waals surface area contributed by atoms with Gasteiger partial charge >= 0.3 is 12.1 Å². The largest absolute Gasteiger partial charge is 0.488 e. The van der Waals surface area contributed by atoms with Crippen molar-refractivity contribution in [3.8, 4) is 16.9 Å². The monoisotopic (exact) mass is 748 g/mol. The molecule has 0 unspecified atom stereocenters. The number of nitrogens with one attached hydrogen (secondary N) is 3. The Morgan fingerprint density at radius 3 is 1.82 bits per heavy atom. The molecule has 0 spiro atoms. The molecule has 3 atom stereocenters. The van der Waals surface area contributed by atoms with Crippen LogP contribution in [0.15, 0.2) is 97.2 Å². The number of benzene rings is 3. The van der Waals surface area contributed by atoms with E-state index >= 15 is 0 Å². The molecule has 11 nitrogen and oxygen atoms in total. The Bertz CT molecular complexity index is 1910. The van der Waals surface area contributed by atoms with Gasteiger partial charge in [-0.15, -0.1) is 0 Å². The summed E-state index contributed by atoms with van der Waals surface area (Å²) in [5.41, 5.74) is 4.94. The van der Waals surface area contributed by atoms with Crippen LogP contribution in [0.5, 0.6) is 5.75 Å². The van der Waals surface area contributed by atoms with Crippen LogP contribution in [-0.4, -0.2) is 64.3 Å². The zero-order chi connectivity index (χ0) is 39.8. The molecular formula is C44H52N4O7. The lowest BCUT2D eigenvalue weighted by atomic mass is 9.88. The van der Waals surface area contributed by atoms with E-state index in [0.29, 0.717) is 17.9 Å². The number of nitrogens with zero attached hydrogens (tertiary/aromatic N) is 1. The molecule has 0 bridgehead atoms. The molecule has 11 heteroatoms. The van der Waals surface area contributed by atoms with Crippen LogP contribution in [0.2, 0.25) is 0 Å².